The van der Waals surface area contributed by atoms with Gasteiger partial charge in [0.2, 0.25) is 0 Å². The summed E-state index contributed by atoms with van der Waals surface area (Å²) in [4.78, 5) is 16.0. The molecular formula is C15H23ClN4O. The lowest BCUT2D eigenvalue weighted by atomic mass is 9.95. The minimum absolute atomic E-state index is 0.408. The molecule has 6 heteroatoms. The third kappa shape index (κ3) is 3.80. The number of amides is 1. The van der Waals surface area contributed by atoms with Gasteiger partial charge in [0, 0.05) is 25.3 Å². The van der Waals surface area contributed by atoms with Crippen molar-refractivity contribution in [1.82, 2.24) is 4.90 Å². The van der Waals surface area contributed by atoms with Gasteiger partial charge in [-0.3, -0.25) is 4.79 Å². The van der Waals surface area contributed by atoms with Crippen molar-refractivity contribution in [1.29, 1.82) is 0 Å². The zero-order valence-electron chi connectivity index (χ0n) is 12.6. The Bertz CT molecular complexity index is 525. The number of nitrogens with zero attached hydrogens (tertiary/aromatic N) is 2. The Morgan fingerprint density at radius 1 is 1.38 bits per heavy atom. The summed E-state index contributed by atoms with van der Waals surface area (Å²) in [5, 5.41) is 0.495. The van der Waals surface area contributed by atoms with Crippen LogP contribution in [0.4, 0.5) is 11.4 Å². The lowest BCUT2D eigenvalue weighted by Crippen LogP contribution is -2.38. The number of piperidine rings is 1. The molecular weight excluding hydrogens is 288 g/mol. The Labute approximate surface area is 130 Å². The van der Waals surface area contributed by atoms with Crippen molar-refractivity contribution in [2.24, 2.45) is 11.7 Å². The molecule has 0 radical (unpaired) electrons. The summed E-state index contributed by atoms with van der Waals surface area (Å²) in [5.41, 5.74) is 12.8. The van der Waals surface area contributed by atoms with E-state index < -0.39 is 5.91 Å². The molecule has 0 saturated carbocycles. The standard InChI is InChI=1S/C15H23ClN4O/c1-19(2)9-10-3-5-20(6-4-10)14-12(15(18)21)7-11(17)8-13(14)16/h7-8,10H,3-6,9,17H2,1-2H3,(H2,18,21). The van der Waals surface area contributed by atoms with Crippen LogP contribution in [0, 0.1) is 5.92 Å². The first kappa shape index (κ1) is 15.9. The molecule has 0 bridgehead atoms. The van der Waals surface area contributed by atoms with Crippen LogP contribution in [0.1, 0.15) is 23.2 Å². The number of halogens is 1. The predicted octanol–water partition coefficient (Wildman–Crippen LogP) is 1.80. The summed E-state index contributed by atoms with van der Waals surface area (Å²) in [7, 11) is 4.18. The fourth-order valence-electron chi connectivity index (χ4n) is 2.98. The first-order chi connectivity index (χ1) is 9.88. The molecule has 116 valence electrons. The van der Waals surface area contributed by atoms with Crippen molar-refractivity contribution < 1.29 is 4.79 Å². The van der Waals surface area contributed by atoms with E-state index in [1.54, 1.807) is 12.1 Å². The van der Waals surface area contributed by atoms with Crippen molar-refractivity contribution in [3.05, 3.63) is 22.7 Å². The van der Waals surface area contributed by atoms with E-state index in [2.05, 4.69) is 23.9 Å². The number of benzene rings is 1. The third-order valence-corrected chi connectivity index (χ3v) is 4.19. The van der Waals surface area contributed by atoms with Crippen LogP contribution in [0.15, 0.2) is 12.1 Å². The van der Waals surface area contributed by atoms with Crippen LogP contribution in [-0.2, 0) is 0 Å². The van der Waals surface area contributed by atoms with E-state index in [0.29, 0.717) is 22.2 Å². The second kappa shape index (κ2) is 6.54. The first-order valence-electron chi connectivity index (χ1n) is 7.17. The maximum Gasteiger partial charge on any atom is 0.250 e. The molecule has 0 aliphatic carbocycles. The van der Waals surface area contributed by atoms with Gasteiger partial charge in [0.25, 0.3) is 5.91 Å². The molecule has 2 rings (SSSR count). The SMILES string of the molecule is CN(C)CC1CCN(c2c(Cl)cc(N)cc2C(N)=O)CC1. The van der Waals surface area contributed by atoms with Gasteiger partial charge in [0.05, 0.1) is 16.3 Å². The second-order valence-corrected chi connectivity index (χ2v) is 6.36. The molecule has 1 aromatic rings. The summed E-state index contributed by atoms with van der Waals surface area (Å²) < 4.78 is 0. The van der Waals surface area contributed by atoms with Gasteiger partial charge in [-0.2, -0.15) is 0 Å². The monoisotopic (exact) mass is 310 g/mol. The molecule has 0 aromatic heterocycles. The molecule has 1 aliphatic heterocycles. The number of primary amides is 1. The summed E-state index contributed by atoms with van der Waals surface area (Å²) in [5.74, 6) is 0.190. The Kier molecular flexibility index (Phi) is 4.96. The molecule has 1 amide bonds. The van der Waals surface area contributed by atoms with E-state index in [4.69, 9.17) is 23.1 Å². The highest BCUT2D eigenvalue weighted by molar-refractivity contribution is 6.34. The number of nitrogen functional groups attached to an aromatic ring is 1. The molecule has 5 nitrogen and oxygen atoms in total. The molecule has 1 saturated heterocycles. The second-order valence-electron chi connectivity index (χ2n) is 5.96. The molecule has 4 N–H and O–H groups in total. The van der Waals surface area contributed by atoms with E-state index in [-0.39, 0.29) is 0 Å². The zero-order chi connectivity index (χ0) is 15.6. The fourth-order valence-corrected chi connectivity index (χ4v) is 3.33. The van der Waals surface area contributed by atoms with Crippen molar-refractivity contribution >= 4 is 28.9 Å². The minimum Gasteiger partial charge on any atom is -0.399 e. The molecule has 1 heterocycles. The van der Waals surface area contributed by atoms with Crippen LogP contribution in [0.2, 0.25) is 5.02 Å². The zero-order valence-corrected chi connectivity index (χ0v) is 13.4. The smallest absolute Gasteiger partial charge is 0.250 e. The highest BCUT2D eigenvalue weighted by Gasteiger charge is 2.24. The van der Waals surface area contributed by atoms with Crippen LogP contribution in [-0.4, -0.2) is 44.5 Å². The van der Waals surface area contributed by atoms with Gasteiger partial charge >= 0.3 is 0 Å². The lowest BCUT2D eigenvalue weighted by Gasteiger charge is -2.36. The van der Waals surface area contributed by atoms with E-state index in [1.807, 2.05) is 0 Å². The summed E-state index contributed by atoms with van der Waals surface area (Å²) in [6.45, 7) is 2.84. The largest absolute Gasteiger partial charge is 0.399 e. The lowest BCUT2D eigenvalue weighted by molar-refractivity contribution is 0.100. The van der Waals surface area contributed by atoms with Crippen LogP contribution in [0.5, 0.6) is 0 Å². The van der Waals surface area contributed by atoms with Crippen LogP contribution >= 0.6 is 11.6 Å². The Morgan fingerprint density at radius 2 is 2.00 bits per heavy atom. The highest BCUT2D eigenvalue weighted by atomic mass is 35.5. The summed E-state index contributed by atoms with van der Waals surface area (Å²) in [6, 6.07) is 3.28. The van der Waals surface area contributed by atoms with Crippen molar-refractivity contribution in [3.63, 3.8) is 0 Å². The van der Waals surface area contributed by atoms with Gasteiger partial charge in [0.15, 0.2) is 0 Å². The van der Waals surface area contributed by atoms with Gasteiger partial charge in [-0.1, -0.05) is 11.6 Å². The van der Waals surface area contributed by atoms with Gasteiger partial charge in [0.1, 0.15) is 0 Å². The van der Waals surface area contributed by atoms with E-state index in [1.165, 1.54) is 0 Å². The van der Waals surface area contributed by atoms with Gasteiger partial charge in [-0.15, -0.1) is 0 Å². The minimum atomic E-state index is -0.491. The average molecular weight is 311 g/mol. The molecule has 1 aliphatic rings. The Morgan fingerprint density at radius 3 is 2.52 bits per heavy atom. The number of rotatable bonds is 4. The summed E-state index contributed by atoms with van der Waals surface area (Å²) >= 11 is 6.30. The number of hydrogen-bond donors (Lipinski definition) is 2. The molecule has 0 unspecified atom stereocenters. The van der Waals surface area contributed by atoms with Crippen molar-refractivity contribution in [3.8, 4) is 0 Å². The van der Waals surface area contributed by atoms with E-state index >= 15 is 0 Å². The number of carbonyl (C=O) groups excluding carboxylic acids is 1. The summed E-state index contributed by atoms with van der Waals surface area (Å²) in [6.07, 6.45) is 2.16. The average Bonchev–Trinajstić information content (AvgIpc) is 2.38. The quantitative estimate of drug-likeness (QED) is 0.832. The topological polar surface area (TPSA) is 75.6 Å². The van der Waals surface area contributed by atoms with Crippen molar-refractivity contribution in [2.75, 3.05) is 44.4 Å². The Balaban J connectivity index is 2.18. The van der Waals surface area contributed by atoms with Gasteiger partial charge in [-0.05, 0) is 45.0 Å². The third-order valence-electron chi connectivity index (χ3n) is 3.91. The van der Waals surface area contributed by atoms with E-state index in [0.717, 1.165) is 38.2 Å². The molecule has 21 heavy (non-hydrogen) atoms. The van der Waals surface area contributed by atoms with Gasteiger partial charge < -0.3 is 21.3 Å². The number of anilines is 2. The predicted molar refractivity (Wildman–Crippen MR) is 87.9 cm³/mol. The molecule has 0 spiro atoms. The molecule has 1 aromatic carbocycles. The maximum atomic E-state index is 11.7. The first-order valence-corrected chi connectivity index (χ1v) is 7.54. The number of hydrogen-bond acceptors (Lipinski definition) is 4. The fraction of sp³-hybridized carbons (Fsp3) is 0.533. The van der Waals surface area contributed by atoms with Crippen LogP contribution < -0.4 is 16.4 Å². The molecule has 0 atom stereocenters. The van der Waals surface area contributed by atoms with Crippen LogP contribution in [0.3, 0.4) is 0 Å². The highest BCUT2D eigenvalue weighted by Crippen LogP contribution is 2.35. The number of nitrogens with two attached hydrogens (primary N) is 2. The van der Waals surface area contributed by atoms with Crippen LogP contribution in [0.25, 0.3) is 0 Å². The maximum absolute atomic E-state index is 11.7. The normalized spacial score (nSPS) is 16.5. The number of carbonyl (C=O) groups is 1. The molecule has 1 fully saturated rings. The Hall–Kier alpha value is -1.46. The van der Waals surface area contributed by atoms with Crippen molar-refractivity contribution in [2.45, 2.75) is 12.8 Å². The van der Waals surface area contributed by atoms with Gasteiger partial charge in [-0.25, -0.2) is 0 Å². The van der Waals surface area contributed by atoms with E-state index in [9.17, 15) is 4.79 Å².